The second kappa shape index (κ2) is 10.4. The van der Waals surface area contributed by atoms with Gasteiger partial charge in [-0.25, -0.2) is 0 Å². The number of benzene rings is 1. The average molecular weight is 493 g/mol. The van der Waals surface area contributed by atoms with E-state index in [-0.39, 0.29) is 11.5 Å². The van der Waals surface area contributed by atoms with E-state index in [1.165, 1.54) is 50.7 Å². The maximum Gasteiger partial charge on any atom is 0.0561 e. The highest BCUT2D eigenvalue weighted by molar-refractivity contribution is 5.89. The number of nitrogens with zero attached hydrogens (tertiary/aromatic N) is 1. The van der Waals surface area contributed by atoms with Gasteiger partial charge in [0, 0.05) is 11.6 Å². The van der Waals surface area contributed by atoms with Gasteiger partial charge in [0.05, 0.1) is 11.8 Å². The van der Waals surface area contributed by atoms with Gasteiger partial charge in [-0.1, -0.05) is 72.1 Å². The van der Waals surface area contributed by atoms with E-state index >= 15 is 0 Å². The van der Waals surface area contributed by atoms with Crippen molar-refractivity contribution in [1.82, 2.24) is 0 Å². The van der Waals surface area contributed by atoms with Gasteiger partial charge in [0.1, 0.15) is 0 Å². The van der Waals surface area contributed by atoms with E-state index in [2.05, 4.69) is 70.4 Å². The number of rotatable bonds is 7. The lowest BCUT2D eigenvalue weighted by Gasteiger charge is -2.61. The molecule has 5 rings (SSSR count). The highest BCUT2D eigenvalue weighted by Gasteiger charge is 2.62. The first-order chi connectivity index (χ1) is 17.2. The van der Waals surface area contributed by atoms with Crippen LogP contribution in [0, 0.1) is 52.3 Å². The first-order valence-corrected chi connectivity index (χ1v) is 15.3. The summed E-state index contributed by atoms with van der Waals surface area (Å²) >= 11 is 0. The summed E-state index contributed by atoms with van der Waals surface area (Å²) in [5.41, 5.74) is 6.59. The van der Waals surface area contributed by atoms with Crippen LogP contribution in [-0.4, -0.2) is 16.9 Å². The van der Waals surface area contributed by atoms with Gasteiger partial charge in [-0.2, -0.15) is 5.10 Å². The molecule has 200 valence electrons. The number of nitrogens with one attached hydrogen (secondary N) is 1. The first kappa shape index (κ1) is 26.3. The fraction of sp³-hybridized carbons (Fsp3) is 0.788. The van der Waals surface area contributed by atoms with Crippen molar-refractivity contribution in [3.05, 3.63) is 30.3 Å². The minimum absolute atomic E-state index is 0.169. The van der Waals surface area contributed by atoms with E-state index in [1.54, 1.807) is 0 Å². The first-order valence-electron chi connectivity index (χ1n) is 15.3. The van der Waals surface area contributed by atoms with Gasteiger partial charge in [-0.3, -0.25) is 5.43 Å². The number of hydrogen-bond acceptors (Lipinski definition) is 3. The average Bonchev–Trinajstić information content (AvgIpc) is 3.21. The van der Waals surface area contributed by atoms with Crippen molar-refractivity contribution >= 4 is 11.4 Å². The second-order valence-electron chi connectivity index (χ2n) is 14.2. The van der Waals surface area contributed by atoms with Crippen LogP contribution in [0.25, 0.3) is 0 Å². The van der Waals surface area contributed by atoms with Crippen molar-refractivity contribution in [2.75, 3.05) is 5.43 Å². The molecular formula is C33H52N2O. The van der Waals surface area contributed by atoms with Crippen LogP contribution in [-0.2, 0) is 0 Å². The summed E-state index contributed by atoms with van der Waals surface area (Å²) in [6.07, 6.45) is 13.8. The van der Waals surface area contributed by atoms with Crippen molar-refractivity contribution in [1.29, 1.82) is 0 Å². The highest BCUT2D eigenvalue weighted by atomic mass is 16.3. The maximum absolute atomic E-state index is 10.7. The maximum atomic E-state index is 10.7. The van der Waals surface area contributed by atoms with Crippen LogP contribution >= 0.6 is 0 Å². The normalized spacial score (nSPS) is 42.0. The summed E-state index contributed by atoms with van der Waals surface area (Å²) in [7, 11) is 0. The van der Waals surface area contributed by atoms with Crippen LogP contribution in [0.15, 0.2) is 35.4 Å². The molecule has 0 amide bonds. The van der Waals surface area contributed by atoms with E-state index < -0.39 is 0 Å². The van der Waals surface area contributed by atoms with Crippen LogP contribution in [0.2, 0.25) is 0 Å². The Morgan fingerprint density at radius 2 is 1.67 bits per heavy atom. The Labute approximate surface area is 220 Å². The minimum atomic E-state index is -0.169. The Morgan fingerprint density at radius 1 is 0.944 bits per heavy atom. The molecule has 0 aliphatic heterocycles. The van der Waals surface area contributed by atoms with E-state index in [4.69, 9.17) is 5.10 Å². The fourth-order valence-corrected chi connectivity index (χ4v) is 9.84. The zero-order valence-corrected chi connectivity index (χ0v) is 23.7. The van der Waals surface area contributed by atoms with Crippen molar-refractivity contribution < 1.29 is 5.11 Å². The Balaban J connectivity index is 1.39. The molecule has 0 aromatic heterocycles. The third-order valence-corrected chi connectivity index (χ3v) is 11.8. The lowest BCUT2D eigenvalue weighted by atomic mass is 9.44. The number of aliphatic hydroxyl groups excluding tert-OH is 1. The molecule has 36 heavy (non-hydrogen) atoms. The molecule has 3 heteroatoms. The van der Waals surface area contributed by atoms with Gasteiger partial charge in [0.25, 0.3) is 0 Å². The van der Waals surface area contributed by atoms with Crippen LogP contribution < -0.4 is 5.43 Å². The molecule has 9 atom stereocenters. The Kier molecular flexibility index (Phi) is 7.61. The monoisotopic (exact) mass is 492 g/mol. The number of fused-ring (bicyclic) bond motifs is 5. The zero-order valence-electron chi connectivity index (χ0n) is 23.7. The predicted octanol–water partition coefficient (Wildman–Crippen LogP) is 8.55. The highest BCUT2D eigenvalue weighted by Crippen LogP contribution is 2.68. The Morgan fingerprint density at radius 3 is 2.42 bits per heavy atom. The van der Waals surface area contributed by atoms with Crippen LogP contribution in [0.3, 0.4) is 0 Å². The summed E-state index contributed by atoms with van der Waals surface area (Å²) in [4.78, 5) is 0. The number of aliphatic hydroxyl groups is 1. The van der Waals surface area contributed by atoms with Gasteiger partial charge < -0.3 is 5.11 Å². The van der Waals surface area contributed by atoms with Crippen molar-refractivity contribution in [2.45, 2.75) is 111 Å². The van der Waals surface area contributed by atoms with Gasteiger partial charge in [-0.05, 0) is 110 Å². The lowest BCUT2D eigenvalue weighted by molar-refractivity contribution is -0.0938. The predicted molar refractivity (Wildman–Crippen MR) is 152 cm³/mol. The number of hydrazone groups is 1. The van der Waals surface area contributed by atoms with Gasteiger partial charge in [-0.15, -0.1) is 0 Å². The number of para-hydroxylation sites is 1. The molecule has 4 aliphatic rings. The molecule has 1 aromatic rings. The SMILES string of the molecule is CC(C)CCC[C@@H](C)[C@H]1CC[C@H]2[C@@H]3C/C(=N/Nc4ccccc4)C4C[C@@H](O)CC[C@]4(C)[C@H]3CC[C@]12C. The number of anilines is 1. The summed E-state index contributed by atoms with van der Waals surface area (Å²) in [5, 5.41) is 15.8. The van der Waals surface area contributed by atoms with Crippen LogP contribution in [0.1, 0.15) is 105 Å². The largest absolute Gasteiger partial charge is 0.393 e. The van der Waals surface area contributed by atoms with Crippen molar-refractivity contribution in [3.63, 3.8) is 0 Å². The van der Waals surface area contributed by atoms with E-state index in [1.807, 2.05) is 0 Å². The van der Waals surface area contributed by atoms with E-state index in [0.29, 0.717) is 11.3 Å². The van der Waals surface area contributed by atoms with Gasteiger partial charge >= 0.3 is 0 Å². The lowest BCUT2D eigenvalue weighted by Crippen LogP contribution is -2.57. The summed E-state index contributed by atoms with van der Waals surface area (Å²) in [6.45, 7) is 12.6. The Hall–Kier alpha value is -1.35. The quantitative estimate of drug-likeness (QED) is 0.374. The molecule has 4 saturated carbocycles. The van der Waals surface area contributed by atoms with Gasteiger partial charge in [0.2, 0.25) is 0 Å². The molecule has 0 spiro atoms. The summed E-state index contributed by atoms with van der Waals surface area (Å²) < 4.78 is 0. The van der Waals surface area contributed by atoms with E-state index in [0.717, 1.165) is 66.9 Å². The summed E-state index contributed by atoms with van der Waals surface area (Å²) in [5.74, 6) is 5.35. The van der Waals surface area contributed by atoms with Crippen molar-refractivity contribution in [3.8, 4) is 0 Å². The third kappa shape index (κ3) is 4.79. The third-order valence-electron chi connectivity index (χ3n) is 11.8. The molecule has 1 aromatic carbocycles. The van der Waals surface area contributed by atoms with Gasteiger partial charge in [0.15, 0.2) is 0 Å². The molecule has 0 bridgehead atoms. The fourth-order valence-electron chi connectivity index (χ4n) is 9.84. The molecule has 2 N–H and O–H groups in total. The van der Waals surface area contributed by atoms with Crippen LogP contribution in [0.5, 0.6) is 0 Å². The second-order valence-corrected chi connectivity index (χ2v) is 14.2. The standard InChI is InChI=1S/C33H52N2O/c1-22(2)10-9-11-23(3)27-14-15-28-26-21-31(35-34-24-12-7-6-8-13-24)30-20-25(36)16-18-33(30,5)29(26)17-19-32(27,28)4/h6-8,12-13,22-23,25-30,34,36H,9-11,14-21H2,1-5H3/b35-31-/t23-,25+,26+,27-,28+,29+,30?,32-,33-/m1/s1. The molecule has 3 nitrogen and oxygen atoms in total. The number of hydrogen-bond donors (Lipinski definition) is 2. The zero-order chi connectivity index (χ0) is 25.5. The smallest absolute Gasteiger partial charge is 0.0561 e. The summed E-state index contributed by atoms with van der Waals surface area (Å²) in [6, 6.07) is 10.4. The molecule has 1 unspecified atom stereocenters. The topological polar surface area (TPSA) is 44.6 Å². The van der Waals surface area contributed by atoms with Crippen molar-refractivity contribution in [2.24, 2.45) is 57.4 Å². The molecule has 0 saturated heterocycles. The molecular weight excluding hydrogens is 440 g/mol. The van der Waals surface area contributed by atoms with E-state index in [9.17, 15) is 5.11 Å². The minimum Gasteiger partial charge on any atom is -0.393 e. The molecule has 0 heterocycles. The molecule has 4 fully saturated rings. The molecule has 0 radical (unpaired) electrons. The molecule has 4 aliphatic carbocycles. The van der Waals surface area contributed by atoms with Crippen LogP contribution in [0.4, 0.5) is 5.69 Å². The Bertz CT molecular complexity index is 912.